The van der Waals surface area contributed by atoms with Crippen molar-refractivity contribution in [3.63, 3.8) is 0 Å². The number of hydrogen-bond donors (Lipinski definition) is 1. The Morgan fingerprint density at radius 2 is 2.11 bits per heavy atom. The van der Waals surface area contributed by atoms with E-state index >= 15 is 0 Å². The molecule has 1 aromatic carbocycles. The highest BCUT2D eigenvalue weighted by Crippen LogP contribution is 2.21. The number of aromatic nitrogens is 4. The molecule has 1 aromatic heterocycles. The van der Waals surface area contributed by atoms with Gasteiger partial charge in [-0.1, -0.05) is 28.1 Å². The van der Waals surface area contributed by atoms with E-state index in [1.165, 1.54) is 18.4 Å². The third-order valence-corrected chi connectivity index (χ3v) is 3.94. The maximum absolute atomic E-state index is 4.12. The van der Waals surface area contributed by atoms with Crippen molar-refractivity contribution in [2.24, 2.45) is 0 Å². The van der Waals surface area contributed by atoms with E-state index in [0.717, 1.165) is 16.8 Å². The van der Waals surface area contributed by atoms with Crippen LogP contribution in [0.5, 0.6) is 0 Å². The Balaban J connectivity index is 1.76. The zero-order chi connectivity index (χ0) is 13.2. The molecule has 1 aliphatic rings. The van der Waals surface area contributed by atoms with Gasteiger partial charge in [0.15, 0.2) is 5.82 Å². The largest absolute Gasteiger partial charge is 0.307 e. The standard InChI is InChI=1S/C13H16BrN5/c1-9(10-2-4-11(14)5-3-10)19-13(16-17-18-19)8-15-12-6-7-12/h2-5,9,12,15H,6-8H2,1H3. The van der Waals surface area contributed by atoms with Crippen molar-refractivity contribution in [2.75, 3.05) is 0 Å². The Labute approximate surface area is 120 Å². The molecule has 0 aliphatic heterocycles. The summed E-state index contributed by atoms with van der Waals surface area (Å²) in [5, 5.41) is 15.5. The molecule has 1 unspecified atom stereocenters. The first-order chi connectivity index (χ1) is 9.24. The van der Waals surface area contributed by atoms with Gasteiger partial charge < -0.3 is 5.32 Å². The van der Waals surface area contributed by atoms with Gasteiger partial charge in [-0.25, -0.2) is 4.68 Å². The SMILES string of the molecule is CC(c1ccc(Br)cc1)n1nnnc1CNC1CC1. The molecule has 3 rings (SSSR count). The summed E-state index contributed by atoms with van der Waals surface area (Å²) in [6.45, 7) is 2.85. The van der Waals surface area contributed by atoms with Crippen molar-refractivity contribution >= 4 is 15.9 Å². The second-order valence-corrected chi connectivity index (χ2v) is 5.84. The quantitative estimate of drug-likeness (QED) is 0.918. The van der Waals surface area contributed by atoms with Crippen molar-refractivity contribution in [1.29, 1.82) is 0 Å². The second-order valence-electron chi connectivity index (χ2n) is 4.92. The van der Waals surface area contributed by atoms with Crippen molar-refractivity contribution in [3.8, 4) is 0 Å². The monoisotopic (exact) mass is 321 g/mol. The van der Waals surface area contributed by atoms with Gasteiger partial charge >= 0.3 is 0 Å². The van der Waals surface area contributed by atoms with E-state index < -0.39 is 0 Å². The fourth-order valence-electron chi connectivity index (χ4n) is 2.04. The zero-order valence-corrected chi connectivity index (χ0v) is 12.3. The lowest BCUT2D eigenvalue weighted by molar-refractivity contribution is 0.504. The van der Waals surface area contributed by atoms with Crippen LogP contribution >= 0.6 is 15.9 Å². The summed E-state index contributed by atoms with van der Waals surface area (Å²) in [7, 11) is 0. The van der Waals surface area contributed by atoms with Crippen LogP contribution in [0.4, 0.5) is 0 Å². The average molecular weight is 322 g/mol. The molecule has 0 bridgehead atoms. The highest BCUT2D eigenvalue weighted by Gasteiger charge is 2.22. The highest BCUT2D eigenvalue weighted by atomic mass is 79.9. The highest BCUT2D eigenvalue weighted by molar-refractivity contribution is 9.10. The Kier molecular flexibility index (Phi) is 3.61. The molecule has 2 aromatic rings. The number of hydrogen-bond acceptors (Lipinski definition) is 4. The maximum Gasteiger partial charge on any atom is 0.165 e. The summed E-state index contributed by atoms with van der Waals surface area (Å²) in [6.07, 6.45) is 2.54. The van der Waals surface area contributed by atoms with E-state index in [0.29, 0.717) is 6.04 Å². The molecule has 1 heterocycles. The molecule has 100 valence electrons. The number of tetrazole rings is 1. The van der Waals surface area contributed by atoms with Crippen LogP contribution in [-0.4, -0.2) is 26.2 Å². The van der Waals surface area contributed by atoms with Gasteiger partial charge in [0.25, 0.3) is 0 Å². The minimum Gasteiger partial charge on any atom is -0.307 e. The van der Waals surface area contributed by atoms with Crippen molar-refractivity contribution in [3.05, 3.63) is 40.1 Å². The van der Waals surface area contributed by atoms with Gasteiger partial charge in [0.2, 0.25) is 0 Å². The van der Waals surface area contributed by atoms with Crippen LogP contribution in [0.2, 0.25) is 0 Å². The third kappa shape index (κ3) is 3.01. The summed E-state index contributed by atoms with van der Waals surface area (Å²) in [4.78, 5) is 0. The predicted octanol–water partition coefficient (Wildman–Crippen LogP) is 2.30. The maximum atomic E-state index is 4.12. The van der Waals surface area contributed by atoms with Crippen LogP contribution in [0.3, 0.4) is 0 Å². The topological polar surface area (TPSA) is 55.6 Å². The van der Waals surface area contributed by atoms with Gasteiger partial charge in [-0.15, -0.1) is 5.10 Å². The Hall–Kier alpha value is -1.27. The van der Waals surface area contributed by atoms with Crippen LogP contribution in [0.1, 0.15) is 37.2 Å². The summed E-state index contributed by atoms with van der Waals surface area (Å²) in [5.41, 5.74) is 1.20. The molecule has 0 saturated heterocycles. The molecular formula is C13H16BrN5. The predicted molar refractivity (Wildman–Crippen MR) is 75.6 cm³/mol. The lowest BCUT2D eigenvalue weighted by Crippen LogP contribution is -2.21. The van der Waals surface area contributed by atoms with Gasteiger partial charge in [0.1, 0.15) is 0 Å². The van der Waals surface area contributed by atoms with E-state index in [1.54, 1.807) is 0 Å². The third-order valence-electron chi connectivity index (χ3n) is 3.41. The Morgan fingerprint density at radius 1 is 1.37 bits per heavy atom. The number of nitrogens with zero attached hydrogens (tertiary/aromatic N) is 4. The molecule has 1 atom stereocenters. The molecule has 0 spiro atoms. The Morgan fingerprint density at radius 3 is 2.79 bits per heavy atom. The van der Waals surface area contributed by atoms with Gasteiger partial charge in [0.05, 0.1) is 12.6 Å². The van der Waals surface area contributed by atoms with Gasteiger partial charge in [0, 0.05) is 10.5 Å². The summed E-state index contributed by atoms with van der Waals surface area (Å²) < 4.78 is 2.97. The van der Waals surface area contributed by atoms with Gasteiger partial charge in [-0.05, 0) is 47.9 Å². The molecular weight excluding hydrogens is 306 g/mol. The molecule has 6 heteroatoms. The van der Waals surface area contributed by atoms with Crippen molar-refractivity contribution < 1.29 is 0 Å². The fraction of sp³-hybridized carbons (Fsp3) is 0.462. The van der Waals surface area contributed by atoms with Crippen LogP contribution < -0.4 is 5.32 Å². The lowest BCUT2D eigenvalue weighted by atomic mass is 10.1. The van der Waals surface area contributed by atoms with E-state index in [1.807, 2.05) is 16.8 Å². The molecule has 5 nitrogen and oxygen atoms in total. The van der Waals surface area contributed by atoms with E-state index in [4.69, 9.17) is 0 Å². The van der Waals surface area contributed by atoms with Crippen LogP contribution in [-0.2, 0) is 6.54 Å². The number of rotatable bonds is 5. The first-order valence-electron chi connectivity index (χ1n) is 6.49. The summed E-state index contributed by atoms with van der Waals surface area (Å²) >= 11 is 3.45. The van der Waals surface area contributed by atoms with Crippen LogP contribution in [0.15, 0.2) is 28.7 Å². The van der Waals surface area contributed by atoms with Gasteiger partial charge in [-0.3, -0.25) is 0 Å². The molecule has 0 amide bonds. The normalized spacial score (nSPS) is 16.5. The Bertz CT molecular complexity index is 546. The first kappa shape index (κ1) is 12.7. The molecule has 1 aliphatic carbocycles. The first-order valence-corrected chi connectivity index (χ1v) is 7.29. The van der Waals surface area contributed by atoms with Crippen LogP contribution in [0, 0.1) is 0 Å². The number of halogens is 1. The van der Waals surface area contributed by atoms with Crippen molar-refractivity contribution in [2.45, 2.75) is 38.4 Å². The molecule has 1 fully saturated rings. The van der Waals surface area contributed by atoms with Crippen LogP contribution in [0.25, 0.3) is 0 Å². The summed E-state index contributed by atoms with van der Waals surface area (Å²) in [5.74, 6) is 0.891. The van der Waals surface area contributed by atoms with E-state index in [2.05, 4.69) is 55.8 Å². The van der Waals surface area contributed by atoms with E-state index in [-0.39, 0.29) is 6.04 Å². The average Bonchev–Trinajstić information content (AvgIpc) is 3.13. The molecule has 1 N–H and O–H groups in total. The lowest BCUT2D eigenvalue weighted by Gasteiger charge is -2.14. The van der Waals surface area contributed by atoms with Gasteiger partial charge in [-0.2, -0.15) is 0 Å². The number of nitrogens with one attached hydrogen (secondary N) is 1. The smallest absolute Gasteiger partial charge is 0.165 e. The minimum atomic E-state index is 0.138. The number of benzene rings is 1. The molecule has 19 heavy (non-hydrogen) atoms. The second kappa shape index (κ2) is 5.38. The minimum absolute atomic E-state index is 0.138. The molecule has 1 saturated carbocycles. The molecule has 0 radical (unpaired) electrons. The fourth-order valence-corrected chi connectivity index (χ4v) is 2.30. The summed E-state index contributed by atoms with van der Waals surface area (Å²) in [6, 6.07) is 9.06. The van der Waals surface area contributed by atoms with E-state index in [9.17, 15) is 0 Å². The zero-order valence-electron chi connectivity index (χ0n) is 10.8. The van der Waals surface area contributed by atoms with Crippen molar-refractivity contribution in [1.82, 2.24) is 25.5 Å².